The van der Waals surface area contributed by atoms with Gasteiger partial charge in [0.1, 0.15) is 12.9 Å². The van der Waals surface area contributed by atoms with Crippen molar-refractivity contribution in [1.82, 2.24) is 24.9 Å². The Bertz CT molecular complexity index is 981. The molecule has 0 aliphatic heterocycles. The van der Waals surface area contributed by atoms with Crippen LogP contribution in [0.5, 0.6) is 0 Å². The van der Waals surface area contributed by atoms with Gasteiger partial charge in [-0.15, -0.1) is 0 Å². The Kier molecular flexibility index (Phi) is 4.01. The van der Waals surface area contributed by atoms with E-state index in [4.69, 9.17) is 4.52 Å². The molecule has 1 fully saturated rings. The van der Waals surface area contributed by atoms with Crippen LogP contribution >= 0.6 is 0 Å². The lowest BCUT2D eigenvalue weighted by Gasteiger charge is -2.14. The van der Waals surface area contributed by atoms with Crippen molar-refractivity contribution in [3.8, 4) is 0 Å². The number of hydrogen-bond donors (Lipinski definition) is 0. The minimum absolute atomic E-state index is 0.0670. The van der Waals surface area contributed by atoms with Crippen LogP contribution < -0.4 is 0 Å². The first-order valence-electron chi connectivity index (χ1n) is 9.18. The maximum Gasteiger partial charge on any atom is 0.248 e. The molecule has 4 aromatic rings. The van der Waals surface area contributed by atoms with Crippen molar-refractivity contribution in [3.63, 3.8) is 0 Å². The molecule has 0 amide bonds. The molecule has 5 rings (SSSR count). The summed E-state index contributed by atoms with van der Waals surface area (Å²) in [6, 6.07) is 20.5. The molecule has 0 radical (unpaired) electrons. The van der Waals surface area contributed by atoms with E-state index < -0.39 is 0 Å². The van der Waals surface area contributed by atoms with Crippen LogP contribution in [0.3, 0.4) is 0 Å². The van der Waals surface area contributed by atoms with Crippen LogP contribution in [0.15, 0.2) is 71.5 Å². The van der Waals surface area contributed by atoms with E-state index >= 15 is 0 Å². The van der Waals surface area contributed by atoms with E-state index in [0.29, 0.717) is 24.2 Å². The van der Waals surface area contributed by atoms with Gasteiger partial charge in [0.2, 0.25) is 5.89 Å². The summed E-state index contributed by atoms with van der Waals surface area (Å²) in [6.45, 7) is 0.434. The first kappa shape index (κ1) is 15.9. The molecular weight excluding hydrogens is 338 g/mol. The van der Waals surface area contributed by atoms with Crippen molar-refractivity contribution in [2.45, 2.75) is 31.2 Å². The molecule has 0 saturated heterocycles. The fourth-order valence-corrected chi connectivity index (χ4v) is 3.28. The third-order valence-electron chi connectivity index (χ3n) is 4.80. The van der Waals surface area contributed by atoms with Crippen molar-refractivity contribution in [3.05, 3.63) is 95.7 Å². The topological polar surface area (TPSA) is 69.6 Å². The van der Waals surface area contributed by atoms with Crippen LogP contribution in [0.25, 0.3) is 0 Å². The Morgan fingerprint density at radius 2 is 1.63 bits per heavy atom. The highest BCUT2D eigenvalue weighted by atomic mass is 16.5. The SMILES string of the molecule is c1ccc(C(c2ccccc2)c2noc(Cn3cnc(C4CC4)n3)n2)cc1. The van der Waals surface area contributed by atoms with Gasteiger partial charge < -0.3 is 4.52 Å². The lowest BCUT2D eigenvalue weighted by Crippen LogP contribution is -2.06. The zero-order valence-corrected chi connectivity index (χ0v) is 14.8. The highest BCUT2D eigenvalue weighted by Crippen LogP contribution is 2.37. The van der Waals surface area contributed by atoms with Crippen LogP contribution in [0.4, 0.5) is 0 Å². The minimum atomic E-state index is -0.0670. The van der Waals surface area contributed by atoms with Gasteiger partial charge in [-0.3, -0.25) is 0 Å². The lowest BCUT2D eigenvalue weighted by molar-refractivity contribution is 0.360. The zero-order chi connectivity index (χ0) is 18.1. The molecule has 1 saturated carbocycles. The third-order valence-corrected chi connectivity index (χ3v) is 4.80. The molecule has 27 heavy (non-hydrogen) atoms. The first-order chi connectivity index (χ1) is 13.4. The number of aromatic nitrogens is 5. The lowest BCUT2D eigenvalue weighted by atomic mass is 9.91. The van der Waals surface area contributed by atoms with Crippen molar-refractivity contribution in [2.24, 2.45) is 0 Å². The number of hydrogen-bond acceptors (Lipinski definition) is 5. The molecular formula is C21H19N5O. The molecule has 2 aromatic heterocycles. The van der Waals surface area contributed by atoms with Gasteiger partial charge in [-0.05, 0) is 24.0 Å². The van der Waals surface area contributed by atoms with E-state index in [-0.39, 0.29) is 5.92 Å². The van der Waals surface area contributed by atoms with E-state index in [2.05, 4.69) is 44.5 Å². The highest BCUT2D eigenvalue weighted by molar-refractivity contribution is 5.37. The van der Waals surface area contributed by atoms with Crippen molar-refractivity contribution in [2.75, 3.05) is 0 Å². The van der Waals surface area contributed by atoms with Crippen molar-refractivity contribution in [1.29, 1.82) is 0 Å². The molecule has 2 heterocycles. The zero-order valence-electron chi connectivity index (χ0n) is 14.8. The molecule has 0 N–H and O–H groups in total. The largest absolute Gasteiger partial charge is 0.337 e. The van der Waals surface area contributed by atoms with Gasteiger partial charge in [0, 0.05) is 5.92 Å². The number of nitrogens with zero attached hydrogens (tertiary/aromatic N) is 5. The second-order valence-corrected chi connectivity index (χ2v) is 6.88. The smallest absolute Gasteiger partial charge is 0.248 e. The molecule has 0 spiro atoms. The normalized spacial score (nSPS) is 14.0. The average Bonchev–Trinajstić information content (AvgIpc) is 3.30. The van der Waals surface area contributed by atoms with Crippen LogP contribution in [0.1, 0.15) is 53.3 Å². The molecule has 6 nitrogen and oxygen atoms in total. The predicted molar refractivity (Wildman–Crippen MR) is 99.2 cm³/mol. The van der Waals surface area contributed by atoms with E-state index in [0.717, 1.165) is 17.0 Å². The van der Waals surface area contributed by atoms with Gasteiger partial charge in [-0.2, -0.15) is 10.1 Å². The predicted octanol–water partition coefficient (Wildman–Crippen LogP) is 3.77. The van der Waals surface area contributed by atoms with Crippen molar-refractivity contribution >= 4 is 0 Å². The Balaban J connectivity index is 1.44. The second kappa shape index (κ2) is 6.79. The third kappa shape index (κ3) is 3.38. The van der Waals surface area contributed by atoms with Gasteiger partial charge in [0.25, 0.3) is 0 Å². The standard InChI is InChI=1S/C21H19N5O/c1-3-7-15(8-4-1)19(16-9-5-2-6-10-16)21-23-18(27-25-21)13-26-14-22-20(24-26)17-11-12-17/h1-10,14,17,19H,11-13H2. The molecule has 2 aromatic carbocycles. The molecule has 0 unspecified atom stereocenters. The van der Waals surface area contributed by atoms with E-state index in [1.165, 1.54) is 12.8 Å². The van der Waals surface area contributed by atoms with Gasteiger partial charge in [-0.25, -0.2) is 9.67 Å². The molecule has 1 aliphatic carbocycles. The van der Waals surface area contributed by atoms with Crippen LogP contribution in [-0.2, 0) is 6.54 Å². The average molecular weight is 357 g/mol. The summed E-state index contributed by atoms with van der Waals surface area (Å²) in [5.41, 5.74) is 2.26. The fourth-order valence-electron chi connectivity index (χ4n) is 3.28. The molecule has 1 aliphatic rings. The Morgan fingerprint density at radius 1 is 0.963 bits per heavy atom. The van der Waals surface area contributed by atoms with Crippen LogP contribution in [0, 0.1) is 0 Å². The summed E-state index contributed by atoms with van der Waals surface area (Å²) in [7, 11) is 0. The second-order valence-electron chi connectivity index (χ2n) is 6.88. The van der Waals surface area contributed by atoms with Crippen LogP contribution in [0.2, 0.25) is 0 Å². The molecule has 134 valence electrons. The Hall–Kier alpha value is -3.28. The van der Waals surface area contributed by atoms with Gasteiger partial charge >= 0.3 is 0 Å². The van der Waals surface area contributed by atoms with Crippen molar-refractivity contribution < 1.29 is 4.52 Å². The first-order valence-corrected chi connectivity index (χ1v) is 9.18. The van der Waals surface area contributed by atoms with Gasteiger partial charge in [-0.1, -0.05) is 65.8 Å². The van der Waals surface area contributed by atoms with Gasteiger partial charge in [0.05, 0.1) is 5.92 Å². The highest BCUT2D eigenvalue weighted by Gasteiger charge is 2.28. The number of benzene rings is 2. The number of rotatable bonds is 6. The van der Waals surface area contributed by atoms with Gasteiger partial charge in [0.15, 0.2) is 11.6 Å². The summed E-state index contributed by atoms with van der Waals surface area (Å²) < 4.78 is 7.30. The molecule has 6 heteroatoms. The summed E-state index contributed by atoms with van der Waals surface area (Å²) in [6.07, 6.45) is 4.11. The minimum Gasteiger partial charge on any atom is -0.337 e. The van der Waals surface area contributed by atoms with E-state index in [1.807, 2.05) is 36.4 Å². The fraction of sp³-hybridized carbons (Fsp3) is 0.238. The maximum absolute atomic E-state index is 5.53. The summed E-state index contributed by atoms with van der Waals surface area (Å²) in [5.74, 6) is 2.58. The Morgan fingerprint density at radius 3 is 2.26 bits per heavy atom. The monoisotopic (exact) mass is 357 g/mol. The Labute approximate surface area is 156 Å². The van der Waals surface area contributed by atoms with E-state index in [1.54, 1.807) is 11.0 Å². The molecule has 0 atom stereocenters. The quantitative estimate of drug-likeness (QED) is 0.525. The summed E-state index contributed by atoms with van der Waals surface area (Å²) >= 11 is 0. The van der Waals surface area contributed by atoms with E-state index in [9.17, 15) is 0 Å². The molecule has 0 bridgehead atoms. The summed E-state index contributed by atoms with van der Waals surface area (Å²) in [4.78, 5) is 9.04. The van der Waals surface area contributed by atoms with Crippen LogP contribution in [-0.4, -0.2) is 24.9 Å². The summed E-state index contributed by atoms with van der Waals surface area (Å²) in [5, 5.41) is 8.79. The maximum atomic E-state index is 5.53.